The minimum Gasteiger partial charge on any atom is -0.343 e. The summed E-state index contributed by atoms with van der Waals surface area (Å²) in [5, 5.41) is 0. The van der Waals surface area contributed by atoms with Gasteiger partial charge in [-0.05, 0) is 11.0 Å². The standard InChI is InChI=1S/C14H19F2NO/c1-13(2,3)10-6-8-11(9-7-10)14(15,16)12(18)17(4)5/h6-9H,1-5H3. The molecular formula is C14H19F2NO. The van der Waals surface area contributed by atoms with Gasteiger partial charge < -0.3 is 4.90 Å². The highest BCUT2D eigenvalue weighted by Gasteiger charge is 2.42. The zero-order valence-corrected chi connectivity index (χ0v) is 11.4. The quantitative estimate of drug-likeness (QED) is 0.795. The maximum absolute atomic E-state index is 13.8. The second-order valence-corrected chi connectivity index (χ2v) is 5.60. The van der Waals surface area contributed by atoms with E-state index in [9.17, 15) is 13.6 Å². The van der Waals surface area contributed by atoms with Gasteiger partial charge in [0.2, 0.25) is 0 Å². The van der Waals surface area contributed by atoms with E-state index in [0.717, 1.165) is 10.5 Å². The monoisotopic (exact) mass is 255 g/mol. The fourth-order valence-corrected chi connectivity index (χ4v) is 1.58. The molecule has 0 aliphatic carbocycles. The molecule has 0 heterocycles. The molecule has 1 rings (SSSR count). The maximum atomic E-state index is 13.8. The summed E-state index contributed by atoms with van der Waals surface area (Å²) in [5.74, 6) is -4.68. The van der Waals surface area contributed by atoms with Gasteiger partial charge in [-0.25, -0.2) is 0 Å². The Morgan fingerprint density at radius 1 is 1.00 bits per heavy atom. The highest BCUT2D eigenvalue weighted by Crippen LogP contribution is 2.31. The van der Waals surface area contributed by atoms with Gasteiger partial charge in [-0.2, -0.15) is 8.78 Å². The van der Waals surface area contributed by atoms with Crippen molar-refractivity contribution in [2.75, 3.05) is 14.1 Å². The third-order valence-electron chi connectivity index (χ3n) is 2.79. The summed E-state index contributed by atoms with van der Waals surface area (Å²) in [7, 11) is 2.64. The lowest BCUT2D eigenvalue weighted by atomic mass is 9.86. The lowest BCUT2D eigenvalue weighted by Crippen LogP contribution is -2.37. The zero-order chi connectivity index (χ0) is 14.1. The molecule has 2 nitrogen and oxygen atoms in total. The smallest absolute Gasteiger partial charge is 0.343 e. The highest BCUT2D eigenvalue weighted by atomic mass is 19.3. The number of benzene rings is 1. The van der Waals surface area contributed by atoms with E-state index >= 15 is 0 Å². The van der Waals surface area contributed by atoms with Crippen molar-refractivity contribution in [2.24, 2.45) is 0 Å². The zero-order valence-electron chi connectivity index (χ0n) is 11.4. The van der Waals surface area contributed by atoms with E-state index < -0.39 is 11.8 Å². The normalized spacial score (nSPS) is 12.4. The fraction of sp³-hybridized carbons (Fsp3) is 0.500. The molecule has 0 N–H and O–H groups in total. The molecule has 1 amide bonds. The summed E-state index contributed by atoms with van der Waals surface area (Å²) in [6.07, 6.45) is 0. The van der Waals surface area contributed by atoms with Crippen LogP contribution in [0.5, 0.6) is 0 Å². The van der Waals surface area contributed by atoms with Crippen LogP contribution < -0.4 is 0 Å². The van der Waals surface area contributed by atoms with Gasteiger partial charge in [0.1, 0.15) is 0 Å². The van der Waals surface area contributed by atoms with Crippen LogP contribution in [0.25, 0.3) is 0 Å². The predicted octanol–water partition coefficient (Wildman–Crippen LogP) is 3.16. The van der Waals surface area contributed by atoms with Gasteiger partial charge >= 0.3 is 5.92 Å². The molecule has 0 aromatic heterocycles. The Labute approximate surface area is 107 Å². The van der Waals surface area contributed by atoms with Gasteiger partial charge in [0.15, 0.2) is 0 Å². The molecule has 100 valence electrons. The molecule has 0 aliphatic rings. The van der Waals surface area contributed by atoms with Crippen LogP contribution >= 0.6 is 0 Å². The molecule has 0 atom stereocenters. The third-order valence-corrected chi connectivity index (χ3v) is 2.79. The summed E-state index contributed by atoms with van der Waals surface area (Å²) < 4.78 is 27.7. The Morgan fingerprint density at radius 2 is 1.39 bits per heavy atom. The Kier molecular flexibility index (Phi) is 3.79. The van der Waals surface area contributed by atoms with E-state index in [1.165, 1.54) is 26.2 Å². The Hall–Kier alpha value is -1.45. The molecule has 4 heteroatoms. The van der Waals surface area contributed by atoms with Gasteiger partial charge in [-0.1, -0.05) is 45.0 Å². The number of alkyl halides is 2. The first-order chi connectivity index (χ1) is 8.06. The van der Waals surface area contributed by atoms with Crippen molar-refractivity contribution in [2.45, 2.75) is 32.1 Å². The lowest BCUT2D eigenvalue weighted by molar-refractivity contribution is -0.156. The fourth-order valence-electron chi connectivity index (χ4n) is 1.58. The molecule has 0 fully saturated rings. The van der Waals surface area contributed by atoms with E-state index in [-0.39, 0.29) is 11.0 Å². The number of carbonyl (C=O) groups excluding carboxylic acids is 1. The van der Waals surface area contributed by atoms with E-state index in [2.05, 4.69) is 0 Å². The maximum Gasteiger partial charge on any atom is 0.349 e. The predicted molar refractivity (Wildman–Crippen MR) is 67.7 cm³/mol. The first-order valence-corrected chi connectivity index (χ1v) is 5.77. The Morgan fingerprint density at radius 3 is 1.72 bits per heavy atom. The average Bonchev–Trinajstić information content (AvgIpc) is 2.26. The number of hydrogen-bond donors (Lipinski definition) is 0. The summed E-state index contributed by atoms with van der Waals surface area (Å²) in [4.78, 5) is 12.3. The molecular weight excluding hydrogens is 236 g/mol. The van der Waals surface area contributed by atoms with Crippen LogP contribution in [-0.4, -0.2) is 24.9 Å². The number of rotatable bonds is 2. The van der Waals surface area contributed by atoms with Gasteiger partial charge in [0, 0.05) is 19.7 Å². The minimum atomic E-state index is -3.47. The molecule has 0 saturated heterocycles. The summed E-state index contributed by atoms with van der Waals surface area (Å²) >= 11 is 0. The van der Waals surface area contributed by atoms with Crippen LogP contribution in [-0.2, 0) is 16.1 Å². The third kappa shape index (κ3) is 2.86. The van der Waals surface area contributed by atoms with Crippen molar-refractivity contribution in [3.05, 3.63) is 35.4 Å². The first kappa shape index (κ1) is 14.6. The van der Waals surface area contributed by atoms with Crippen LogP contribution in [0.3, 0.4) is 0 Å². The van der Waals surface area contributed by atoms with Crippen molar-refractivity contribution in [1.82, 2.24) is 4.90 Å². The van der Waals surface area contributed by atoms with E-state index in [1.807, 2.05) is 20.8 Å². The van der Waals surface area contributed by atoms with Crippen molar-refractivity contribution in [1.29, 1.82) is 0 Å². The molecule has 0 aliphatic heterocycles. The Balaban J connectivity index is 3.09. The molecule has 0 spiro atoms. The number of carbonyl (C=O) groups is 1. The van der Waals surface area contributed by atoms with Gasteiger partial charge in [-0.15, -0.1) is 0 Å². The molecule has 0 radical (unpaired) electrons. The topological polar surface area (TPSA) is 20.3 Å². The van der Waals surface area contributed by atoms with Crippen molar-refractivity contribution < 1.29 is 13.6 Å². The molecule has 18 heavy (non-hydrogen) atoms. The molecule has 0 bridgehead atoms. The van der Waals surface area contributed by atoms with E-state index in [4.69, 9.17) is 0 Å². The molecule has 0 saturated carbocycles. The SMILES string of the molecule is CN(C)C(=O)C(F)(F)c1ccc(C(C)(C)C)cc1. The van der Waals surface area contributed by atoms with Crippen LogP contribution in [0.4, 0.5) is 8.78 Å². The van der Waals surface area contributed by atoms with E-state index in [1.54, 1.807) is 12.1 Å². The lowest BCUT2D eigenvalue weighted by Gasteiger charge is -2.22. The number of hydrogen-bond acceptors (Lipinski definition) is 1. The van der Waals surface area contributed by atoms with Crippen LogP contribution in [0.2, 0.25) is 0 Å². The number of likely N-dealkylation sites (N-methyl/N-ethyl adjacent to an activating group) is 1. The second-order valence-electron chi connectivity index (χ2n) is 5.60. The highest BCUT2D eigenvalue weighted by molar-refractivity contribution is 5.84. The largest absolute Gasteiger partial charge is 0.349 e. The number of halogens is 2. The number of nitrogens with zero attached hydrogens (tertiary/aromatic N) is 1. The van der Waals surface area contributed by atoms with Crippen LogP contribution in [0, 0.1) is 0 Å². The van der Waals surface area contributed by atoms with Crippen molar-refractivity contribution in [3.8, 4) is 0 Å². The molecule has 1 aromatic rings. The molecule has 0 unspecified atom stereocenters. The van der Waals surface area contributed by atoms with Crippen LogP contribution in [0.15, 0.2) is 24.3 Å². The molecule has 1 aromatic carbocycles. The van der Waals surface area contributed by atoms with Crippen molar-refractivity contribution in [3.63, 3.8) is 0 Å². The van der Waals surface area contributed by atoms with Gasteiger partial charge in [0.25, 0.3) is 5.91 Å². The Bertz CT molecular complexity index is 430. The van der Waals surface area contributed by atoms with E-state index in [0.29, 0.717) is 0 Å². The number of amides is 1. The minimum absolute atomic E-state index is 0.0978. The summed E-state index contributed by atoms with van der Waals surface area (Å²) in [5.41, 5.74) is 0.591. The summed E-state index contributed by atoms with van der Waals surface area (Å²) in [6, 6.07) is 5.93. The van der Waals surface area contributed by atoms with Crippen LogP contribution in [0.1, 0.15) is 31.9 Å². The average molecular weight is 255 g/mol. The first-order valence-electron chi connectivity index (χ1n) is 5.77. The summed E-state index contributed by atoms with van der Waals surface area (Å²) in [6.45, 7) is 6.02. The second kappa shape index (κ2) is 4.67. The van der Waals surface area contributed by atoms with Gasteiger partial charge in [0.05, 0.1) is 0 Å². The van der Waals surface area contributed by atoms with Crippen molar-refractivity contribution >= 4 is 5.91 Å². The van der Waals surface area contributed by atoms with Gasteiger partial charge in [-0.3, -0.25) is 4.79 Å².